The van der Waals surface area contributed by atoms with Crippen LogP contribution in [0.4, 0.5) is 0 Å². The Morgan fingerprint density at radius 2 is 0.635 bits per heavy atom. The molecule has 0 fully saturated rings. The van der Waals surface area contributed by atoms with E-state index in [9.17, 15) is 14.4 Å². The standard InChI is InChI=1S/C46H88O6/c1-5-7-9-11-13-15-16-17-18-22-26-30-34-38-45(48)51-41-43(40-50-44(47)37-33-29-25-20-14-12-10-8-6-2)52-46(49)39-35-31-27-23-19-21-24-28-32-36-42(3)4/h42-43H,5-41H2,1-4H3/t43-/m1/s1. The van der Waals surface area contributed by atoms with Gasteiger partial charge in [0.15, 0.2) is 6.10 Å². The molecule has 0 aromatic heterocycles. The van der Waals surface area contributed by atoms with Gasteiger partial charge in [0.05, 0.1) is 0 Å². The normalized spacial score (nSPS) is 11.9. The average Bonchev–Trinajstić information content (AvgIpc) is 3.12. The van der Waals surface area contributed by atoms with E-state index in [4.69, 9.17) is 14.2 Å². The summed E-state index contributed by atoms with van der Waals surface area (Å²) in [5.41, 5.74) is 0. The molecule has 0 aliphatic rings. The molecule has 0 aromatic rings. The van der Waals surface area contributed by atoms with Gasteiger partial charge in [0.2, 0.25) is 0 Å². The highest BCUT2D eigenvalue weighted by molar-refractivity contribution is 5.71. The Kier molecular flexibility index (Phi) is 39.4. The van der Waals surface area contributed by atoms with E-state index in [2.05, 4.69) is 27.7 Å². The monoisotopic (exact) mass is 737 g/mol. The Labute approximate surface area is 323 Å². The van der Waals surface area contributed by atoms with Crippen LogP contribution in [0.25, 0.3) is 0 Å². The second kappa shape index (κ2) is 40.6. The van der Waals surface area contributed by atoms with Crippen LogP contribution in [-0.2, 0) is 28.6 Å². The number of carbonyl (C=O) groups excluding carboxylic acids is 3. The van der Waals surface area contributed by atoms with Gasteiger partial charge < -0.3 is 14.2 Å². The molecule has 6 nitrogen and oxygen atoms in total. The number of ether oxygens (including phenoxy) is 3. The molecular weight excluding hydrogens is 648 g/mol. The Hall–Kier alpha value is -1.59. The van der Waals surface area contributed by atoms with Gasteiger partial charge in [-0.1, -0.05) is 214 Å². The lowest BCUT2D eigenvalue weighted by Crippen LogP contribution is -2.30. The molecule has 0 N–H and O–H groups in total. The molecule has 0 rings (SSSR count). The summed E-state index contributed by atoms with van der Waals surface area (Å²) in [5, 5.41) is 0. The third-order valence-corrected chi connectivity index (χ3v) is 10.3. The minimum Gasteiger partial charge on any atom is -0.462 e. The van der Waals surface area contributed by atoms with Gasteiger partial charge in [-0.2, -0.15) is 0 Å². The third kappa shape index (κ3) is 39.6. The molecular formula is C46H88O6. The Bertz CT molecular complexity index is 781. The summed E-state index contributed by atoms with van der Waals surface area (Å²) in [5.74, 6) is -0.0508. The van der Waals surface area contributed by atoms with E-state index >= 15 is 0 Å². The molecule has 0 radical (unpaired) electrons. The molecule has 0 aliphatic heterocycles. The van der Waals surface area contributed by atoms with Crippen LogP contribution in [0.3, 0.4) is 0 Å². The second-order valence-electron chi connectivity index (χ2n) is 16.2. The molecule has 308 valence electrons. The zero-order chi connectivity index (χ0) is 38.2. The van der Waals surface area contributed by atoms with Crippen molar-refractivity contribution in [1.82, 2.24) is 0 Å². The van der Waals surface area contributed by atoms with Crippen molar-refractivity contribution in [3.05, 3.63) is 0 Å². The smallest absolute Gasteiger partial charge is 0.306 e. The highest BCUT2D eigenvalue weighted by Crippen LogP contribution is 2.16. The van der Waals surface area contributed by atoms with Gasteiger partial charge >= 0.3 is 17.9 Å². The summed E-state index contributed by atoms with van der Waals surface area (Å²) in [6.45, 7) is 8.96. The maximum atomic E-state index is 12.7. The molecule has 6 heteroatoms. The van der Waals surface area contributed by atoms with E-state index < -0.39 is 6.10 Å². The summed E-state index contributed by atoms with van der Waals surface area (Å²) in [6.07, 6.45) is 39.4. The number of hydrogen-bond donors (Lipinski definition) is 0. The van der Waals surface area contributed by atoms with E-state index in [1.807, 2.05) is 0 Å². The zero-order valence-corrected chi connectivity index (χ0v) is 35.3. The van der Waals surface area contributed by atoms with Gasteiger partial charge in [-0.25, -0.2) is 0 Å². The minimum absolute atomic E-state index is 0.0640. The summed E-state index contributed by atoms with van der Waals surface area (Å²) in [6, 6.07) is 0. The molecule has 0 heterocycles. The van der Waals surface area contributed by atoms with Crippen molar-refractivity contribution in [3.8, 4) is 0 Å². The van der Waals surface area contributed by atoms with E-state index in [0.717, 1.165) is 63.7 Å². The van der Waals surface area contributed by atoms with Crippen LogP contribution in [0, 0.1) is 5.92 Å². The fourth-order valence-electron chi connectivity index (χ4n) is 6.80. The quantitative estimate of drug-likeness (QED) is 0.0353. The lowest BCUT2D eigenvalue weighted by Gasteiger charge is -2.18. The number of unbranched alkanes of at least 4 members (excludes halogenated alkanes) is 28. The molecule has 0 amide bonds. The van der Waals surface area contributed by atoms with Gasteiger partial charge in [-0.3, -0.25) is 14.4 Å². The maximum Gasteiger partial charge on any atom is 0.306 e. The van der Waals surface area contributed by atoms with Crippen LogP contribution >= 0.6 is 0 Å². The number of carbonyl (C=O) groups is 3. The van der Waals surface area contributed by atoms with Crippen molar-refractivity contribution in [2.45, 2.75) is 259 Å². The van der Waals surface area contributed by atoms with Gasteiger partial charge in [0, 0.05) is 19.3 Å². The molecule has 0 saturated heterocycles. The molecule has 0 unspecified atom stereocenters. The fraction of sp³-hybridized carbons (Fsp3) is 0.935. The highest BCUT2D eigenvalue weighted by atomic mass is 16.6. The molecule has 52 heavy (non-hydrogen) atoms. The Balaban J connectivity index is 4.31. The molecule has 0 aromatic carbocycles. The maximum absolute atomic E-state index is 12.7. The van der Waals surface area contributed by atoms with E-state index in [-0.39, 0.29) is 31.1 Å². The fourth-order valence-corrected chi connectivity index (χ4v) is 6.80. The van der Waals surface area contributed by atoms with Crippen LogP contribution < -0.4 is 0 Å². The van der Waals surface area contributed by atoms with Crippen molar-refractivity contribution in [1.29, 1.82) is 0 Å². The molecule has 1 atom stereocenters. The summed E-state index contributed by atoms with van der Waals surface area (Å²) >= 11 is 0. The highest BCUT2D eigenvalue weighted by Gasteiger charge is 2.19. The molecule has 0 bridgehead atoms. The lowest BCUT2D eigenvalue weighted by atomic mass is 10.0. The van der Waals surface area contributed by atoms with Gasteiger partial charge in [0.25, 0.3) is 0 Å². The average molecular weight is 737 g/mol. The van der Waals surface area contributed by atoms with Crippen molar-refractivity contribution in [2.75, 3.05) is 13.2 Å². The van der Waals surface area contributed by atoms with Crippen molar-refractivity contribution < 1.29 is 28.6 Å². The van der Waals surface area contributed by atoms with E-state index in [0.29, 0.717) is 19.3 Å². The van der Waals surface area contributed by atoms with Gasteiger partial charge in [-0.15, -0.1) is 0 Å². The number of rotatable bonds is 41. The minimum atomic E-state index is -0.758. The summed E-state index contributed by atoms with van der Waals surface area (Å²) in [4.78, 5) is 37.6. The first-order valence-corrected chi connectivity index (χ1v) is 22.9. The predicted octanol–water partition coefficient (Wildman–Crippen LogP) is 14.3. The molecule has 0 spiro atoms. The first-order valence-electron chi connectivity index (χ1n) is 22.9. The first-order chi connectivity index (χ1) is 25.4. The van der Waals surface area contributed by atoms with Crippen molar-refractivity contribution in [2.24, 2.45) is 5.92 Å². The molecule has 0 aliphatic carbocycles. The molecule has 0 saturated carbocycles. The van der Waals surface area contributed by atoms with Crippen LogP contribution in [0.15, 0.2) is 0 Å². The van der Waals surface area contributed by atoms with Crippen LogP contribution in [0.2, 0.25) is 0 Å². The van der Waals surface area contributed by atoms with Gasteiger partial charge in [0.1, 0.15) is 13.2 Å². The van der Waals surface area contributed by atoms with Crippen LogP contribution in [0.5, 0.6) is 0 Å². The van der Waals surface area contributed by atoms with Crippen LogP contribution in [0.1, 0.15) is 252 Å². The Morgan fingerprint density at radius 3 is 0.942 bits per heavy atom. The first kappa shape index (κ1) is 50.4. The SMILES string of the molecule is CCCCCCCCCCCCCCCC(=O)OC[C@@H](COC(=O)CCCCCCCCCCC)OC(=O)CCCCCCCCCCCC(C)C. The largest absolute Gasteiger partial charge is 0.462 e. The third-order valence-electron chi connectivity index (χ3n) is 10.3. The van der Waals surface area contributed by atoms with Crippen molar-refractivity contribution in [3.63, 3.8) is 0 Å². The number of esters is 3. The topological polar surface area (TPSA) is 78.9 Å². The van der Waals surface area contributed by atoms with E-state index in [1.165, 1.54) is 148 Å². The second-order valence-corrected chi connectivity index (χ2v) is 16.2. The van der Waals surface area contributed by atoms with E-state index in [1.54, 1.807) is 0 Å². The summed E-state index contributed by atoms with van der Waals surface area (Å²) in [7, 11) is 0. The number of hydrogen-bond acceptors (Lipinski definition) is 6. The van der Waals surface area contributed by atoms with Crippen molar-refractivity contribution >= 4 is 17.9 Å². The summed E-state index contributed by atoms with van der Waals surface area (Å²) < 4.78 is 16.7. The van der Waals surface area contributed by atoms with Crippen LogP contribution in [-0.4, -0.2) is 37.2 Å². The van der Waals surface area contributed by atoms with Gasteiger partial charge in [-0.05, 0) is 25.2 Å². The predicted molar refractivity (Wildman–Crippen MR) is 220 cm³/mol. The Morgan fingerprint density at radius 1 is 0.365 bits per heavy atom. The lowest BCUT2D eigenvalue weighted by molar-refractivity contribution is -0.167. The zero-order valence-electron chi connectivity index (χ0n) is 35.3.